The van der Waals surface area contributed by atoms with Gasteiger partial charge in [-0.05, 0) is 24.5 Å². The maximum absolute atomic E-state index is 10.6. The topological polar surface area (TPSA) is 75.4 Å². The van der Waals surface area contributed by atoms with Gasteiger partial charge in [-0.15, -0.1) is 0 Å². The highest BCUT2D eigenvalue weighted by atomic mass is 35.5. The van der Waals surface area contributed by atoms with Gasteiger partial charge < -0.3 is 10.4 Å². The number of nitro benzene ring substituents is 1. The smallest absolute Gasteiger partial charge is 0.270 e. The monoisotopic (exact) mass is 272 g/mol. The molecule has 1 atom stereocenters. The Morgan fingerprint density at radius 3 is 2.78 bits per heavy atom. The van der Waals surface area contributed by atoms with E-state index >= 15 is 0 Å². The van der Waals surface area contributed by atoms with E-state index in [2.05, 4.69) is 5.32 Å². The minimum absolute atomic E-state index is 0.00819. The lowest BCUT2D eigenvalue weighted by atomic mass is 10.1. The van der Waals surface area contributed by atoms with Crippen molar-refractivity contribution in [3.05, 3.63) is 38.9 Å². The lowest BCUT2D eigenvalue weighted by Gasteiger charge is -2.16. The van der Waals surface area contributed by atoms with Crippen LogP contribution in [0.25, 0.3) is 0 Å². The van der Waals surface area contributed by atoms with Gasteiger partial charge in [-0.3, -0.25) is 10.1 Å². The molecule has 18 heavy (non-hydrogen) atoms. The Balaban J connectivity index is 2.65. The third kappa shape index (κ3) is 4.25. The molecular weight excluding hydrogens is 256 g/mol. The Kier molecular flexibility index (Phi) is 6.04. The molecule has 1 unspecified atom stereocenters. The van der Waals surface area contributed by atoms with Crippen LogP contribution >= 0.6 is 11.6 Å². The molecular formula is C12H17ClN2O3. The summed E-state index contributed by atoms with van der Waals surface area (Å²) in [6, 6.07) is 4.67. The minimum atomic E-state index is -0.469. The van der Waals surface area contributed by atoms with Crippen LogP contribution in [0, 0.1) is 10.1 Å². The van der Waals surface area contributed by atoms with Crippen molar-refractivity contribution in [3.63, 3.8) is 0 Å². The highest BCUT2D eigenvalue weighted by molar-refractivity contribution is 6.31. The normalized spacial score (nSPS) is 12.4. The highest BCUT2D eigenvalue weighted by Gasteiger charge is 2.10. The van der Waals surface area contributed by atoms with Crippen LogP contribution in [0.4, 0.5) is 5.69 Å². The van der Waals surface area contributed by atoms with Gasteiger partial charge in [-0.2, -0.15) is 0 Å². The summed E-state index contributed by atoms with van der Waals surface area (Å²) < 4.78 is 0. The number of aliphatic hydroxyl groups excluding tert-OH is 1. The Morgan fingerprint density at radius 2 is 2.28 bits per heavy atom. The first-order valence-electron chi connectivity index (χ1n) is 5.85. The third-order valence-electron chi connectivity index (χ3n) is 2.80. The van der Waals surface area contributed by atoms with Crippen molar-refractivity contribution in [1.29, 1.82) is 0 Å². The zero-order valence-corrected chi connectivity index (χ0v) is 11.0. The van der Waals surface area contributed by atoms with E-state index < -0.39 is 4.92 Å². The molecule has 2 N–H and O–H groups in total. The van der Waals surface area contributed by atoms with Gasteiger partial charge in [0.2, 0.25) is 0 Å². The second-order valence-electron chi connectivity index (χ2n) is 4.03. The van der Waals surface area contributed by atoms with Gasteiger partial charge in [0.1, 0.15) is 0 Å². The van der Waals surface area contributed by atoms with Crippen LogP contribution in [0.1, 0.15) is 25.3 Å². The van der Waals surface area contributed by atoms with Crippen molar-refractivity contribution in [1.82, 2.24) is 5.32 Å². The van der Waals surface area contributed by atoms with E-state index in [-0.39, 0.29) is 18.3 Å². The first kappa shape index (κ1) is 14.9. The number of nitro groups is 1. The lowest BCUT2D eigenvalue weighted by molar-refractivity contribution is -0.384. The molecule has 0 saturated carbocycles. The van der Waals surface area contributed by atoms with Gasteiger partial charge in [0.05, 0.1) is 9.95 Å². The zero-order chi connectivity index (χ0) is 13.5. The lowest BCUT2D eigenvalue weighted by Crippen LogP contribution is -2.28. The predicted octanol–water partition coefficient (Wildman–Crippen LogP) is 2.50. The van der Waals surface area contributed by atoms with Crippen molar-refractivity contribution >= 4 is 17.3 Å². The first-order valence-corrected chi connectivity index (χ1v) is 6.23. The maximum Gasteiger partial charge on any atom is 0.270 e. The van der Waals surface area contributed by atoms with E-state index in [4.69, 9.17) is 16.7 Å². The number of rotatable bonds is 7. The number of nitrogens with zero attached hydrogens (tertiary/aromatic N) is 1. The second kappa shape index (κ2) is 7.31. The van der Waals surface area contributed by atoms with Gasteiger partial charge in [-0.1, -0.05) is 18.5 Å². The van der Waals surface area contributed by atoms with Gasteiger partial charge in [0.25, 0.3) is 5.69 Å². The van der Waals surface area contributed by atoms with E-state index in [1.54, 1.807) is 6.07 Å². The van der Waals surface area contributed by atoms with Gasteiger partial charge >= 0.3 is 0 Å². The fraction of sp³-hybridized carbons (Fsp3) is 0.500. The number of halogens is 1. The number of benzene rings is 1. The highest BCUT2D eigenvalue weighted by Crippen LogP contribution is 2.22. The molecule has 0 fully saturated rings. The summed E-state index contributed by atoms with van der Waals surface area (Å²) in [4.78, 5) is 10.1. The molecule has 0 radical (unpaired) electrons. The van der Waals surface area contributed by atoms with Crippen LogP contribution in [0.15, 0.2) is 18.2 Å². The zero-order valence-electron chi connectivity index (χ0n) is 10.2. The number of nitrogens with one attached hydrogen (secondary N) is 1. The number of non-ortho nitro benzene ring substituents is 1. The molecule has 0 aliphatic heterocycles. The van der Waals surface area contributed by atoms with Crippen molar-refractivity contribution < 1.29 is 10.0 Å². The van der Waals surface area contributed by atoms with Gasteiger partial charge in [0.15, 0.2) is 0 Å². The van der Waals surface area contributed by atoms with Crippen molar-refractivity contribution in [3.8, 4) is 0 Å². The second-order valence-corrected chi connectivity index (χ2v) is 4.44. The fourth-order valence-electron chi connectivity index (χ4n) is 1.65. The Hall–Kier alpha value is -1.17. The summed E-state index contributed by atoms with van der Waals surface area (Å²) >= 11 is 5.98. The van der Waals surface area contributed by atoms with E-state index in [1.165, 1.54) is 12.1 Å². The Labute approximate surface area is 111 Å². The van der Waals surface area contributed by atoms with Crippen molar-refractivity contribution in [2.24, 2.45) is 0 Å². The van der Waals surface area contributed by atoms with Gasteiger partial charge in [0, 0.05) is 31.3 Å². The standard InChI is InChI=1S/C12H17ClN2O3/c1-2-10(5-6-16)14-8-9-3-4-11(15(17)18)7-12(9)13/h3-4,7,10,14,16H,2,5-6,8H2,1H3. The van der Waals surface area contributed by atoms with Crippen LogP contribution < -0.4 is 5.32 Å². The molecule has 0 saturated heterocycles. The van der Waals surface area contributed by atoms with Crippen molar-refractivity contribution in [2.45, 2.75) is 32.4 Å². The average Bonchev–Trinajstić information content (AvgIpc) is 2.35. The number of hydrogen-bond acceptors (Lipinski definition) is 4. The molecule has 5 nitrogen and oxygen atoms in total. The summed E-state index contributed by atoms with van der Waals surface area (Å²) in [5, 5.41) is 23.1. The largest absolute Gasteiger partial charge is 0.396 e. The Bertz CT molecular complexity index is 412. The molecule has 0 aliphatic carbocycles. The summed E-state index contributed by atoms with van der Waals surface area (Å²) in [6.45, 7) is 2.71. The summed E-state index contributed by atoms with van der Waals surface area (Å²) in [7, 11) is 0. The summed E-state index contributed by atoms with van der Waals surface area (Å²) in [6.07, 6.45) is 1.59. The summed E-state index contributed by atoms with van der Waals surface area (Å²) in [5.41, 5.74) is 0.810. The van der Waals surface area contributed by atoms with Crippen LogP contribution in [0.2, 0.25) is 5.02 Å². The van der Waals surface area contributed by atoms with Crippen LogP contribution in [0.3, 0.4) is 0 Å². The molecule has 0 aliphatic rings. The first-order chi connectivity index (χ1) is 8.58. The fourth-order valence-corrected chi connectivity index (χ4v) is 1.90. The predicted molar refractivity (Wildman–Crippen MR) is 70.7 cm³/mol. The molecule has 1 rings (SSSR count). The van der Waals surface area contributed by atoms with E-state index in [0.29, 0.717) is 18.0 Å². The molecule has 6 heteroatoms. The van der Waals surface area contributed by atoms with Crippen LogP contribution in [0.5, 0.6) is 0 Å². The molecule has 1 aromatic carbocycles. The van der Waals surface area contributed by atoms with Crippen molar-refractivity contribution in [2.75, 3.05) is 6.61 Å². The summed E-state index contributed by atoms with van der Waals surface area (Å²) in [5.74, 6) is 0. The molecule has 0 heterocycles. The van der Waals surface area contributed by atoms with Gasteiger partial charge in [-0.25, -0.2) is 0 Å². The third-order valence-corrected chi connectivity index (χ3v) is 3.15. The molecule has 0 amide bonds. The Morgan fingerprint density at radius 1 is 1.56 bits per heavy atom. The molecule has 0 spiro atoms. The quantitative estimate of drug-likeness (QED) is 0.591. The molecule has 100 valence electrons. The number of hydrogen-bond donors (Lipinski definition) is 2. The van der Waals surface area contributed by atoms with Crippen LogP contribution in [-0.2, 0) is 6.54 Å². The average molecular weight is 273 g/mol. The van der Waals surface area contributed by atoms with E-state index in [9.17, 15) is 10.1 Å². The SMILES string of the molecule is CCC(CCO)NCc1ccc([N+](=O)[O-])cc1Cl. The van der Waals surface area contributed by atoms with E-state index in [0.717, 1.165) is 12.0 Å². The maximum atomic E-state index is 10.6. The molecule has 0 bridgehead atoms. The molecule has 1 aromatic rings. The van der Waals surface area contributed by atoms with E-state index in [1.807, 2.05) is 6.92 Å². The molecule has 0 aromatic heterocycles. The minimum Gasteiger partial charge on any atom is -0.396 e. The van der Waals surface area contributed by atoms with Crippen LogP contribution in [-0.4, -0.2) is 22.7 Å². The number of aliphatic hydroxyl groups is 1.